The molecule has 37 valence electrons. The third-order valence-corrected chi connectivity index (χ3v) is 2.42. The van der Waals surface area contributed by atoms with Gasteiger partial charge in [0.05, 0.1) is 0 Å². The Morgan fingerprint density at radius 2 is 2.00 bits per heavy atom. The van der Waals surface area contributed by atoms with E-state index in [1.54, 1.807) is 0 Å². The monoisotopic (exact) mass is 137 g/mol. The molecule has 2 atom stereocenters. The van der Waals surface area contributed by atoms with Gasteiger partial charge in [0.1, 0.15) is 0 Å². The second kappa shape index (κ2) is 3.69. The molecule has 1 radical (unpaired) electrons. The van der Waals surface area contributed by atoms with Crippen molar-refractivity contribution in [1.29, 1.82) is 0 Å². The van der Waals surface area contributed by atoms with Crippen LogP contribution in [0.3, 0.4) is 0 Å². The van der Waals surface area contributed by atoms with Crippen molar-refractivity contribution >= 4 is 28.8 Å². The van der Waals surface area contributed by atoms with Gasteiger partial charge in [-0.25, -0.2) is 0 Å². The predicted octanol–water partition coefficient (Wildman–Crippen LogP) is 1.97. The topological polar surface area (TPSA) is 0 Å². The van der Waals surface area contributed by atoms with Crippen molar-refractivity contribution in [1.82, 2.24) is 0 Å². The third-order valence-electron chi connectivity index (χ3n) is 0.269. The van der Waals surface area contributed by atoms with E-state index in [0.717, 1.165) is 6.34 Å². The Bertz CT molecular complexity index is 115. The van der Waals surface area contributed by atoms with E-state index < -0.39 is 15.3 Å². The van der Waals surface area contributed by atoms with Crippen LogP contribution in [-0.2, 0) is 0 Å². The van der Waals surface area contributed by atoms with Crippen LogP contribution >= 0.6 is 15.3 Å². The summed E-state index contributed by atoms with van der Waals surface area (Å²) in [5.74, 6) is 0. The molecule has 0 aliphatic heterocycles. The van der Waals surface area contributed by atoms with Gasteiger partial charge < -0.3 is 0 Å². The minimum atomic E-state index is -2.11. The van der Waals surface area contributed by atoms with Gasteiger partial charge in [-0.1, -0.05) is 0 Å². The fourth-order valence-corrected chi connectivity index (χ4v) is 1.37. The quantitative estimate of drug-likeness (QED) is 0.382. The summed E-state index contributed by atoms with van der Waals surface area (Å²) in [5.41, 5.74) is 0. The van der Waals surface area contributed by atoms with E-state index in [1.165, 1.54) is 6.66 Å². The Morgan fingerprint density at radius 1 is 1.57 bits per heavy atom. The van der Waals surface area contributed by atoms with E-state index in [2.05, 4.69) is 7.18 Å². The van der Waals surface area contributed by atoms with Crippen LogP contribution < -0.4 is 0 Å². The molecular formula is CH3B2F2P2. The molecule has 0 heterocycles. The molecule has 7 heavy (non-hydrogen) atoms. The summed E-state index contributed by atoms with van der Waals surface area (Å²) in [4.78, 5) is 0. The van der Waals surface area contributed by atoms with Crippen LogP contribution in [-0.4, -0.2) is 20.2 Å². The van der Waals surface area contributed by atoms with E-state index in [0.29, 0.717) is 0 Å². The second-order valence-corrected chi connectivity index (χ2v) is 3.65. The summed E-state index contributed by atoms with van der Waals surface area (Å²) in [5, 5.41) is 0. The molecule has 0 aromatic rings. The van der Waals surface area contributed by atoms with Crippen molar-refractivity contribution in [2.24, 2.45) is 0 Å². The van der Waals surface area contributed by atoms with Crippen LogP contribution in [0.4, 0.5) is 8.39 Å². The number of hydrogen-bond donors (Lipinski definition) is 0. The maximum absolute atomic E-state index is 11.7. The van der Waals surface area contributed by atoms with E-state index in [1.807, 2.05) is 0 Å². The van der Waals surface area contributed by atoms with E-state index in [4.69, 9.17) is 0 Å². The van der Waals surface area contributed by atoms with Gasteiger partial charge in [-0.15, -0.1) is 0 Å². The zero-order valence-electron chi connectivity index (χ0n) is 3.81. The number of hydrogen-bond acceptors (Lipinski definition) is 0. The van der Waals surface area contributed by atoms with Gasteiger partial charge in [0.25, 0.3) is 0 Å². The second-order valence-electron chi connectivity index (χ2n) is 0.985. The Kier molecular flexibility index (Phi) is 4.07. The van der Waals surface area contributed by atoms with Crippen LogP contribution in [0, 0.1) is 0 Å². The molecular weight excluding hydrogens is 134 g/mol. The predicted molar refractivity (Wildman–Crippen MR) is 33.5 cm³/mol. The molecule has 0 saturated carbocycles. The Labute approximate surface area is 44.8 Å². The molecule has 0 nitrogen and oxygen atoms in total. The van der Waals surface area contributed by atoms with Gasteiger partial charge in [0.2, 0.25) is 0 Å². The van der Waals surface area contributed by atoms with Crippen molar-refractivity contribution < 1.29 is 8.39 Å². The molecule has 0 rings (SSSR count). The average molecular weight is 137 g/mol. The first kappa shape index (κ1) is 7.72. The molecule has 0 N–H and O–H groups in total. The van der Waals surface area contributed by atoms with Crippen molar-refractivity contribution in [2.75, 3.05) is 6.66 Å². The van der Waals surface area contributed by atoms with Gasteiger partial charge in [0, 0.05) is 0 Å². The molecule has 0 aromatic heterocycles. The van der Waals surface area contributed by atoms with Crippen LogP contribution in [0.2, 0.25) is 0 Å². The standard InChI is InChI=1S/CH3B2F2P2/c1-6(4)3-7(2)5/h1H3. The Balaban J connectivity index is 3.68. The first-order chi connectivity index (χ1) is 3.13. The average Bonchev–Trinajstić information content (AvgIpc) is 1.27. The third kappa shape index (κ3) is 6.72. The summed E-state index contributed by atoms with van der Waals surface area (Å²) >= 11 is 0. The molecule has 6 heteroatoms. The van der Waals surface area contributed by atoms with Gasteiger partial charge >= 0.3 is 43.9 Å². The van der Waals surface area contributed by atoms with Crippen molar-refractivity contribution in [3.05, 3.63) is 0 Å². The molecule has 2 unspecified atom stereocenters. The van der Waals surface area contributed by atoms with Gasteiger partial charge in [0.15, 0.2) is 0 Å². The molecule has 0 aliphatic carbocycles. The molecule has 0 aliphatic rings. The van der Waals surface area contributed by atoms with Gasteiger partial charge in [-0.2, -0.15) is 0 Å². The summed E-state index contributed by atoms with van der Waals surface area (Å²) < 4.78 is 23.2. The molecule has 0 amide bonds. The fraction of sp³-hybridized carbons (Fsp3) is 1.00. The summed E-state index contributed by atoms with van der Waals surface area (Å²) in [6.45, 7) is 1.30. The first-order valence-electron chi connectivity index (χ1n) is 1.56. The van der Waals surface area contributed by atoms with E-state index in [-0.39, 0.29) is 0 Å². The molecule has 0 spiro atoms. The SMILES string of the molecule is [B]=P(F)=BP(C)F. The van der Waals surface area contributed by atoms with Crippen LogP contribution in [0.5, 0.6) is 0 Å². The molecule has 0 fully saturated rings. The zero-order valence-corrected chi connectivity index (χ0v) is 5.59. The maximum atomic E-state index is 11.7. The molecule has 0 saturated heterocycles. The molecule has 0 aromatic carbocycles. The zero-order chi connectivity index (χ0) is 5.86. The first-order valence-corrected chi connectivity index (χ1v) is 4.68. The van der Waals surface area contributed by atoms with Crippen molar-refractivity contribution in [2.45, 2.75) is 0 Å². The van der Waals surface area contributed by atoms with Crippen molar-refractivity contribution in [3.8, 4) is 0 Å². The normalized spacial score (nSPS) is 15.4. The fourth-order valence-electron chi connectivity index (χ4n) is 0.152. The van der Waals surface area contributed by atoms with Crippen LogP contribution in [0.15, 0.2) is 0 Å². The van der Waals surface area contributed by atoms with E-state index >= 15 is 0 Å². The van der Waals surface area contributed by atoms with Crippen LogP contribution in [0.25, 0.3) is 0 Å². The van der Waals surface area contributed by atoms with Crippen LogP contribution in [0.1, 0.15) is 0 Å². The summed E-state index contributed by atoms with van der Waals surface area (Å²) in [7, 11) is 0.765. The number of rotatable bonds is 1. The Morgan fingerprint density at radius 3 is 2.00 bits per heavy atom. The summed E-state index contributed by atoms with van der Waals surface area (Å²) in [6, 6.07) is 0. The number of halogens is 2. The minimum absolute atomic E-state index is 0.907. The van der Waals surface area contributed by atoms with Gasteiger partial charge in [-0.05, 0) is 0 Å². The van der Waals surface area contributed by atoms with Crippen molar-refractivity contribution in [3.63, 3.8) is 0 Å². The van der Waals surface area contributed by atoms with E-state index in [9.17, 15) is 8.39 Å². The van der Waals surface area contributed by atoms with Gasteiger partial charge in [-0.3, -0.25) is 0 Å². The Hall–Kier alpha value is 0.720. The molecule has 0 bridgehead atoms. The summed E-state index contributed by atoms with van der Waals surface area (Å²) in [6.07, 6.45) is 0.907.